The molecular weight excluding hydrogens is 398 g/mol. The number of amides is 2. The average Bonchev–Trinajstić information content (AvgIpc) is 2.70. The summed E-state index contributed by atoms with van der Waals surface area (Å²) < 4.78 is 5.67. The van der Waals surface area contributed by atoms with E-state index in [1.807, 2.05) is 19.1 Å². The van der Waals surface area contributed by atoms with Crippen LogP contribution in [0, 0.1) is 12.8 Å². The summed E-state index contributed by atoms with van der Waals surface area (Å²) >= 11 is 5.25. The first-order valence-electron chi connectivity index (χ1n) is 10.0. The van der Waals surface area contributed by atoms with Crippen molar-refractivity contribution in [1.29, 1.82) is 0 Å². The van der Waals surface area contributed by atoms with Gasteiger partial charge in [-0.2, -0.15) is 0 Å². The lowest BCUT2D eigenvalue weighted by Crippen LogP contribution is -2.34. The van der Waals surface area contributed by atoms with E-state index in [0.29, 0.717) is 35.9 Å². The van der Waals surface area contributed by atoms with Crippen LogP contribution in [-0.4, -0.2) is 23.5 Å². The highest BCUT2D eigenvalue weighted by Crippen LogP contribution is 2.20. The first-order chi connectivity index (χ1) is 14.3. The zero-order valence-corrected chi connectivity index (χ0v) is 18.7. The highest BCUT2D eigenvalue weighted by atomic mass is 32.1. The minimum absolute atomic E-state index is 0.0669. The smallest absolute Gasteiger partial charge is 0.257 e. The molecule has 0 spiro atoms. The number of rotatable bonds is 8. The van der Waals surface area contributed by atoms with Gasteiger partial charge in [0, 0.05) is 23.4 Å². The van der Waals surface area contributed by atoms with Crippen LogP contribution in [0.4, 0.5) is 11.4 Å². The molecule has 0 saturated heterocycles. The molecule has 0 aliphatic heterocycles. The number of thiocarbonyl (C=S) groups is 1. The van der Waals surface area contributed by atoms with Crippen molar-refractivity contribution in [3.63, 3.8) is 0 Å². The van der Waals surface area contributed by atoms with E-state index in [-0.39, 0.29) is 16.9 Å². The van der Waals surface area contributed by atoms with Gasteiger partial charge in [0.05, 0.1) is 6.61 Å². The Kier molecular flexibility index (Phi) is 8.80. The Bertz CT molecular complexity index is 895. The molecule has 2 aromatic rings. The van der Waals surface area contributed by atoms with Crippen LogP contribution in [0.25, 0.3) is 0 Å². The molecule has 0 bridgehead atoms. The second kappa shape index (κ2) is 11.3. The van der Waals surface area contributed by atoms with Crippen LogP contribution in [0.2, 0.25) is 0 Å². The summed E-state index contributed by atoms with van der Waals surface area (Å²) in [5, 5.41) is 8.66. The van der Waals surface area contributed by atoms with Crippen LogP contribution in [0.5, 0.6) is 5.75 Å². The molecule has 0 heterocycles. The van der Waals surface area contributed by atoms with Gasteiger partial charge < -0.3 is 15.4 Å². The van der Waals surface area contributed by atoms with Gasteiger partial charge in [-0.05, 0) is 73.4 Å². The van der Waals surface area contributed by atoms with Crippen LogP contribution in [-0.2, 0) is 4.79 Å². The molecule has 0 atom stereocenters. The van der Waals surface area contributed by atoms with Crippen molar-refractivity contribution in [3.05, 3.63) is 53.6 Å². The number of ether oxygens (including phenoxy) is 1. The summed E-state index contributed by atoms with van der Waals surface area (Å²) in [4.78, 5) is 24.1. The molecule has 0 saturated carbocycles. The minimum Gasteiger partial charge on any atom is -0.494 e. The molecular formula is C23H29N3O3S. The molecule has 2 aromatic carbocycles. The fourth-order valence-electron chi connectivity index (χ4n) is 2.53. The lowest BCUT2D eigenvalue weighted by atomic mass is 10.1. The summed E-state index contributed by atoms with van der Waals surface area (Å²) in [7, 11) is 0. The van der Waals surface area contributed by atoms with Crippen LogP contribution < -0.4 is 20.7 Å². The molecule has 2 rings (SSSR count). The highest BCUT2D eigenvalue weighted by molar-refractivity contribution is 7.80. The molecule has 6 nitrogen and oxygen atoms in total. The SMILES string of the molecule is CCC(=O)Nc1cc(NC(=S)NC(=O)c2ccc(OCCC(C)C)cc2)ccc1C. The maximum Gasteiger partial charge on any atom is 0.257 e. The third-order valence-electron chi connectivity index (χ3n) is 4.40. The second-order valence-corrected chi connectivity index (χ2v) is 7.80. The molecule has 0 aliphatic rings. The third-order valence-corrected chi connectivity index (χ3v) is 4.60. The van der Waals surface area contributed by atoms with Gasteiger partial charge in [0.15, 0.2) is 5.11 Å². The average molecular weight is 428 g/mol. The molecule has 0 aromatic heterocycles. The molecule has 30 heavy (non-hydrogen) atoms. The summed E-state index contributed by atoms with van der Waals surface area (Å²) in [6.45, 7) is 8.64. The van der Waals surface area contributed by atoms with Gasteiger partial charge in [-0.15, -0.1) is 0 Å². The van der Waals surface area contributed by atoms with Gasteiger partial charge in [-0.3, -0.25) is 14.9 Å². The van der Waals surface area contributed by atoms with Crippen LogP contribution in [0.1, 0.15) is 49.5 Å². The number of benzene rings is 2. The topological polar surface area (TPSA) is 79.5 Å². The van der Waals surface area contributed by atoms with Gasteiger partial charge in [-0.1, -0.05) is 26.8 Å². The van der Waals surface area contributed by atoms with Crippen LogP contribution in [0.15, 0.2) is 42.5 Å². The van der Waals surface area contributed by atoms with Gasteiger partial charge in [0.2, 0.25) is 5.91 Å². The number of carbonyl (C=O) groups is 2. The van der Waals surface area contributed by atoms with E-state index in [1.54, 1.807) is 37.3 Å². The Hall–Kier alpha value is -2.93. The fourth-order valence-corrected chi connectivity index (χ4v) is 2.74. The largest absolute Gasteiger partial charge is 0.494 e. The molecule has 0 fully saturated rings. The molecule has 2 amide bonds. The second-order valence-electron chi connectivity index (χ2n) is 7.40. The normalized spacial score (nSPS) is 10.4. The number of aryl methyl sites for hydroxylation is 1. The molecule has 0 unspecified atom stereocenters. The molecule has 160 valence electrons. The van der Waals surface area contributed by atoms with Gasteiger partial charge in [-0.25, -0.2) is 0 Å². The van der Waals surface area contributed by atoms with E-state index in [1.165, 1.54) is 0 Å². The van der Waals surface area contributed by atoms with Crippen molar-refractivity contribution in [1.82, 2.24) is 5.32 Å². The number of nitrogens with one attached hydrogen (secondary N) is 3. The summed E-state index contributed by atoms with van der Waals surface area (Å²) in [5.41, 5.74) is 2.79. The summed E-state index contributed by atoms with van der Waals surface area (Å²) in [6.07, 6.45) is 1.37. The van der Waals surface area contributed by atoms with Crippen molar-refractivity contribution in [3.8, 4) is 5.75 Å². The number of anilines is 2. The van der Waals surface area contributed by atoms with Crippen LogP contribution in [0.3, 0.4) is 0 Å². The van der Waals surface area contributed by atoms with Crippen molar-refractivity contribution in [2.24, 2.45) is 5.92 Å². The van der Waals surface area contributed by atoms with Gasteiger partial charge >= 0.3 is 0 Å². The first-order valence-corrected chi connectivity index (χ1v) is 10.4. The number of hydrogen-bond donors (Lipinski definition) is 3. The molecule has 0 radical (unpaired) electrons. The van der Waals surface area contributed by atoms with Crippen molar-refractivity contribution < 1.29 is 14.3 Å². The monoisotopic (exact) mass is 427 g/mol. The number of carbonyl (C=O) groups excluding carboxylic acids is 2. The summed E-state index contributed by atoms with van der Waals surface area (Å²) in [6, 6.07) is 12.4. The maximum atomic E-state index is 12.4. The standard InChI is InChI=1S/C23H29N3O3S/c1-5-21(27)25-20-14-18(9-6-16(20)4)24-23(30)26-22(28)17-7-10-19(11-8-17)29-13-12-15(2)3/h6-11,14-15H,5,12-13H2,1-4H3,(H,25,27)(H2,24,26,28,30). The first kappa shape index (κ1) is 23.3. The van der Waals surface area contributed by atoms with Crippen LogP contribution >= 0.6 is 12.2 Å². The van der Waals surface area contributed by atoms with E-state index in [0.717, 1.165) is 17.7 Å². The van der Waals surface area contributed by atoms with Crippen molar-refractivity contribution in [2.75, 3.05) is 17.2 Å². The zero-order chi connectivity index (χ0) is 22.1. The molecule has 0 aliphatic carbocycles. The predicted molar refractivity (Wildman–Crippen MR) is 125 cm³/mol. The van der Waals surface area contributed by atoms with E-state index in [9.17, 15) is 9.59 Å². The Morgan fingerprint density at radius 3 is 2.40 bits per heavy atom. The fraction of sp³-hybridized carbons (Fsp3) is 0.348. The third kappa shape index (κ3) is 7.48. The lowest BCUT2D eigenvalue weighted by molar-refractivity contribution is -0.115. The van der Waals surface area contributed by atoms with Gasteiger partial charge in [0.1, 0.15) is 5.75 Å². The van der Waals surface area contributed by atoms with E-state index >= 15 is 0 Å². The lowest BCUT2D eigenvalue weighted by Gasteiger charge is -2.13. The van der Waals surface area contributed by atoms with E-state index in [2.05, 4.69) is 29.8 Å². The Morgan fingerprint density at radius 2 is 1.77 bits per heavy atom. The van der Waals surface area contributed by atoms with Gasteiger partial charge in [0.25, 0.3) is 5.91 Å². The highest BCUT2D eigenvalue weighted by Gasteiger charge is 2.10. The Balaban J connectivity index is 1.92. The maximum absolute atomic E-state index is 12.4. The molecule has 3 N–H and O–H groups in total. The molecule has 7 heteroatoms. The van der Waals surface area contributed by atoms with E-state index < -0.39 is 0 Å². The zero-order valence-electron chi connectivity index (χ0n) is 17.9. The van der Waals surface area contributed by atoms with Crippen molar-refractivity contribution >= 4 is 40.5 Å². The number of hydrogen-bond acceptors (Lipinski definition) is 4. The summed E-state index contributed by atoms with van der Waals surface area (Å²) in [5.74, 6) is 0.931. The van der Waals surface area contributed by atoms with Crippen molar-refractivity contribution in [2.45, 2.75) is 40.5 Å². The Labute approximate surface area is 183 Å². The predicted octanol–water partition coefficient (Wildman–Crippen LogP) is 4.90. The minimum atomic E-state index is -0.312. The van der Waals surface area contributed by atoms with E-state index in [4.69, 9.17) is 17.0 Å². The quantitative estimate of drug-likeness (QED) is 0.523. The Morgan fingerprint density at radius 1 is 1.07 bits per heavy atom.